The Labute approximate surface area is 133 Å². The van der Waals surface area contributed by atoms with E-state index in [0.717, 1.165) is 21.3 Å². The number of hydrogen-bond acceptors (Lipinski definition) is 2. The maximum Gasteiger partial charge on any atom is 0.137 e. The van der Waals surface area contributed by atoms with E-state index >= 15 is 0 Å². The smallest absolute Gasteiger partial charge is 0.137 e. The number of hydrogen-bond donors (Lipinski definition) is 1. The highest BCUT2D eigenvalue weighted by atomic mass is 79.9. The van der Waals surface area contributed by atoms with Crippen molar-refractivity contribution in [1.29, 1.82) is 0 Å². The van der Waals surface area contributed by atoms with Gasteiger partial charge < -0.3 is 10.5 Å². The molecule has 0 amide bonds. The molecule has 0 aromatic heterocycles. The molecule has 2 aromatic rings. The molecule has 2 N–H and O–H groups in total. The molecule has 0 heterocycles. The summed E-state index contributed by atoms with van der Waals surface area (Å²) in [5.41, 5.74) is 7.62. The molecule has 104 valence electrons. The fourth-order valence-corrected chi connectivity index (χ4v) is 2.49. The molecule has 2 rings (SSSR count). The molecular weight excluding hydrogens is 334 g/mol. The van der Waals surface area contributed by atoms with Crippen molar-refractivity contribution >= 4 is 33.1 Å². The third kappa shape index (κ3) is 3.38. The Hall–Kier alpha value is -1.39. The van der Waals surface area contributed by atoms with Gasteiger partial charge in [0.2, 0.25) is 0 Å². The second kappa shape index (κ2) is 6.37. The molecule has 0 fully saturated rings. The average Bonchev–Trinajstić information content (AvgIpc) is 2.41. The van der Waals surface area contributed by atoms with Crippen molar-refractivity contribution in [3.8, 4) is 11.5 Å². The van der Waals surface area contributed by atoms with Crippen molar-refractivity contribution in [2.75, 3.05) is 0 Å². The summed E-state index contributed by atoms with van der Waals surface area (Å²) in [6.45, 7) is 4.27. The average molecular weight is 350 g/mol. The van der Waals surface area contributed by atoms with Crippen LogP contribution >= 0.6 is 28.1 Å². The Morgan fingerprint density at radius 3 is 2.50 bits per heavy atom. The molecule has 2 aromatic carbocycles. The Balaban J connectivity index is 2.43. The maximum atomic E-state index is 6.03. The molecule has 20 heavy (non-hydrogen) atoms. The van der Waals surface area contributed by atoms with Crippen molar-refractivity contribution in [2.24, 2.45) is 5.73 Å². The predicted octanol–water partition coefficient (Wildman–Crippen LogP) is 5.00. The van der Waals surface area contributed by atoms with Gasteiger partial charge in [0.15, 0.2) is 0 Å². The molecule has 0 aliphatic carbocycles. The molecule has 0 atom stereocenters. The summed E-state index contributed by atoms with van der Waals surface area (Å²) in [7, 11) is 0. The molecule has 0 aliphatic heterocycles. The molecule has 2 nitrogen and oxygen atoms in total. The Bertz CT molecular complexity index is 640. The van der Waals surface area contributed by atoms with E-state index in [2.05, 4.69) is 35.8 Å². The summed E-state index contributed by atoms with van der Waals surface area (Å²) >= 11 is 8.55. The third-order valence-corrected chi connectivity index (χ3v) is 3.68. The lowest BCUT2D eigenvalue weighted by Crippen LogP contribution is -2.10. The van der Waals surface area contributed by atoms with Gasteiger partial charge in [0.25, 0.3) is 0 Å². The van der Waals surface area contributed by atoms with Crippen molar-refractivity contribution in [2.45, 2.75) is 19.8 Å². The summed E-state index contributed by atoms with van der Waals surface area (Å²) in [5, 5.41) is 0. The zero-order valence-electron chi connectivity index (χ0n) is 11.4. The van der Waals surface area contributed by atoms with Gasteiger partial charge in [0.1, 0.15) is 16.5 Å². The quantitative estimate of drug-likeness (QED) is 0.788. The van der Waals surface area contributed by atoms with Gasteiger partial charge in [-0.25, -0.2) is 0 Å². The van der Waals surface area contributed by atoms with Crippen molar-refractivity contribution in [1.82, 2.24) is 0 Å². The Kier molecular flexibility index (Phi) is 4.78. The maximum absolute atomic E-state index is 6.03. The lowest BCUT2D eigenvalue weighted by atomic mass is 10.0. The first-order chi connectivity index (χ1) is 9.49. The number of thiocarbonyl (C=S) groups is 1. The van der Waals surface area contributed by atoms with E-state index < -0.39 is 0 Å². The first kappa shape index (κ1) is 15.0. The summed E-state index contributed by atoms with van der Waals surface area (Å²) in [6.07, 6.45) is 0. The van der Waals surface area contributed by atoms with Crippen LogP contribution in [0, 0.1) is 0 Å². The Morgan fingerprint density at radius 2 is 1.85 bits per heavy atom. The Morgan fingerprint density at radius 1 is 1.15 bits per heavy atom. The SMILES string of the molecule is CC(C)c1cc(Br)ccc1Oc1ccccc1C(N)=S. The highest BCUT2D eigenvalue weighted by Gasteiger charge is 2.12. The van der Waals surface area contributed by atoms with Crippen LogP contribution in [0.15, 0.2) is 46.9 Å². The molecule has 4 heteroatoms. The number of para-hydroxylation sites is 1. The lowest BCUT2D eigenvalue weighted by molar-refractivity contribution is 0.472. The highest BCUT2D eigenvalue weighted by Crippen LogP contribution is 2.34. The zero-order chi connectivity index (χ0) is 14.7. The molecular formula is C16H16BrNOS. The van der Waals surface area contributed by atoms with Gasteiger partial charge in [0.05, 0.1) is 5.56 Å². The van der Waals surface area contributed by atoms with Crippen molar-refractivity contribution in [3.05, 3.63) is 58.1 Å². The zero-order valence-corrected chi connectivity index (χ0v) is 13.8. The summed E-state index contributed by atoms with van der Waals surface area (Å²) < 4.78 is 7.07. The fourth-order valence-electron chi connectivity index (χ4n) is 1.94. The van der Waals surface area contributed by atoms with Crippen LogP contribution in [0.4, 0.5) is 0 Å². The minimum Gasteiger partial charge on any atom is -0.456 e. The summed E-state index contributed by atoms with van der Waals surface area (Å²) in [4.78, 5) is 0.337. The minimum absolute atomic E-state index is 0.337. The fraction of sp³-hybridized carbons (Fsp3) is 0.188. The van der Waals surface area contributed by atoms with E-state index in [0.29, 0.717) is 16.7 Å². The third-order valence-electron chi connectivity index (χ3n) is 2.97. The van der Waals surface area contributed by atoms with E-state index in [1.807, 2.05) is 36.4 Å². The molecule has 0 saturated heterocycles. The van der Waals surface area contributed by atoms with Gasteiger partial charge in [-0.05, 0) is 41.8 Å². The van der Waals surface area contributed by atoms with Gasteiger partial charge in [0, 0.05) is 4.47 Å². The number of benzene rings is 2. The molecule has 0 aliphatic rings. The van der Waals surface area contributed by atoms with Crippen LogP contribution in [-0.2, 0) is 0 Å². The van der Waals surface area contributed by atoms with Crippen molar-refractivity contribution < 1.29 is 4.74 Å². The molecule has 0 saturated carbocycles. The summed E-state index contributed by atoms with van der Waals surface area (Å²) in [6, 6.07) is 13.5. The van der Waals surface area contributed by atoms with Crippen LogP contribution in [0.1, 0.15) is 30.9 Å². The van der Waals surface area contributed by atoms with Gasteiger partial charge in [-0.15, -0.1) is 0 Å². The number of ether oxygens (including phenoxy) is 1. The minimum atomic E-state index is 0.337. The van der Waals surface area contributed by atoms with Crippen LogP contribution in [0.3, 0.4) is 0 Å². The second-order valence-corrected chi connectivity index (χ2v) is 6.15. The highest BCUT2D eigenvalue weighted by molar-refractivity contribution is 9.10. The van der Waals surface area contributed by atoms with Gasteiger partial charge in [-0.2, -0.15) is 0 Å². The molecule has 0 unspecified atom stereocenters. The van der Waals surface area contributed by atoms with E-state index in [1.165, 1.54) is 0 Å². The van der Waals surface area contributed by atoms with Crippen LogP contribution in [0.25, 0.3) is 0 Å². The van der Waals surface area contributed by atoms with E-state index in [9.17, 15) is 0 Å². The largest absolute Gasteiger partial charge is 0.456 e. The monoisotopic (exact) mass is 349 g/mol. The first-order valence-electron chi connectivity index (χ1n) is 6.35. The summed E-state index contributed by atoms with van der Waals surface area (Å²) in [5.74, 6) is 1.87. The normalized spacial score (nSPS) is 10.6. The van der Waals surface area contributed by atoms with E-state index in [1.54, 1.807) is 0 Å². The topological polar surface area (TPSA) is 35.2 Å². The van der Waals surface area contributed by atoms with Gasteiger partial charge in [-0.3, -0.25) is 0 Å². The number of halogens is 1. The number of nitrogens with two attached hydrogens (primary N) is 1. The lowest BCUT2D eigenvalue weighted by Gasteiger charge is -2.16. The molecule has 0 radical (unpaired) electrons. The standard InChI is InChI=1S/C16H16BrNOS/c1-10(2)13-9-11(17)7-8-15(13)19-14-6-4-3-5-12(14)16(18)20/h3-10H,1-2H3,(H2,18,20). The second-order valence-electron chi connectivity index (χ2n) is 4.80. The first-order valence-corrected chi connectivity index (χ1v) is 7.55. The van der Waals surface area contributed by atoms with E-state index in [4.69, 9.17) is 22.7 Å². The molecule has 0 spiro atoms. The predicted molar refractivity (Wildman–Crippen MR) is 90.6 cm³/mol. The van der Waals surface area contributed by atoms with Gasteiger partial charge >= 0.3 is 0 Å². The van der Waals surface area contributed by atoms with Crippen LogP contribution in [0.5, 0.6) is 11.5 Å². The number of rotatable bonds is 4. The van der Waals surface area contributed by atoms with Crippen molar-refractivity contribution in [3.63, 3.8) is 0 Å². The van der Waals surface area contributed by atoms with Gasteiger partial charge in [-0.1, -0.05) is 54.1 Å². The molecule has 0 bridgehead atoms. The van der Waals surface area contributed by atoms with E-state index in [-0.39, 0.29) is 0 Å². The van der Waals surface area contributed by atoms with Crippen LogP contribution < -0.4 is 10.5 Å². The van der Waals surface area contributed by atoms with Crippen LogP contribution in [-0.4, -0.2) is 4.99 Å². The van der Waals surface area contributed by atoms with Crippen LogP contribution in [0.2, 0.25) is 0 Å².